The van der Waals surface area contributed by atoms with Gasteiger partial charge in [-0.3, -0.25) is 14.9 Å². The zero-order chi connectivity index (χ0) is 13.8. The van der Waals surface area contributed by atoms with E-state index in [1.807, 2.05) is 0 Å². The number of methoxy groups -OCH3 is 1. The van der Waals surface area contributed by atoms with Gasteiger partial charge < -0.3 is 4.74 Å². The molecule has 0 unspecified atom stereocenters. The van der Waals surface area contributed by atoms with E-state index in [0.29, 0.717) is 23.2 Å². The molecule has 0 aliphatic carbocycles. The van der Waals surface area contributed by atoms with Gasteiger partial charge in [-0.15, -0.1) is 0 Å². The van der Waals surface area contributed by atoms with E-state index in [-0.39, 0.29) is 11.3 Å². The van der Waals surface area contributed by atoms with Crippen LogP contribution >= 0.6 is 0 Å². The summed E-state index contributed by atoms with van der Waals surface area (Å²) in [6, 6.07) is 11.4. The van der Waals surface area contributed by atoms with Gasteiger partial charge in [-0.25, -0.2) is 0 Å². The van der Waals surface area contributed by atoms with Gasteiger partial charge in [-0.05, 0) is 12.1 Å². The summed E-state index contributed by atoms with van der Waals surface area (Å²) in [6.07, 6.45) is 0.582. The number of hydrogen-bond donors (Lipinski definition) is 0. The van der Waals surface area contributed by atoms with Crippen molar-refractivity contribution >= 4 is 12.0 Å². The van der Waals surface area contributed by atoms with Crippen LogP contribution in [0.25, 0.3) is 11.1 Å². The highest BCUT2D eigenvalue weighted by Gasteiger charge is 2.18. The number of aldehydes is 1. The molecule has 5 nitrogen and oxygen atoms in total. The quantitative estimate of drug-likeness (QED) is 0.479. The van der Waals surface area contributed by atoms with Crippen molar-refractivity contribution in [3.63, 3.8) is 0 Å². The number of carbonyl (C=O) groups is 1. The van der Waals surface area contributed by atoms with Gasteiger partial charge in [0.25, 0.3) is 5.69 Å². The number of benzene rings is 2. The van der Waals surface area contributed by atoms with Crippen molar-refractivity contribution < 1.29 is 14.5 Å². The highest BCUT2D eigenvalue weighted by molar-refractivity contribution is 5.84. The van der Waals surface area contributed by atoms with Crippen molar-refractivity contribution in [1.29, 1.82) is 0 Å². The van der Waals surface area contributed by atoms with Crippen molar-refractivity contribution in [3.8, 4) is 16.9 Å². The summed E-state index contributed by atoms with van der Waals surface area (Å²) < 4.78 is 5.20. The summed E-state index contributed by atoms with van der Waals surface area (Å²) in [7, 11) is 1.50. The number of para-hydroxylation sites is 1. The standard InChI is InChI=1S/C14H11NO4/c1-19-14-5-3-2-4-12(14)11-7-6-10(9-16)8-13(11)15(17)18/h2-9H,1H3. The Morgan fingerprint density at radius 3 is 2.53 bits per heavy atom. The fraction of sp³-hybridized carbons (Fsp3) is 0.0714. The molecule has 2 aromatic rings. The third kappa shape index (κ3) is 2.44. The maximum atomic E-state index is 11.1. The molecule has 0 saturated carbocycles. The SMILES string of the molecule is COc1ccccc1-c1ccc(C=O)cc1[N+](=O)[O-]. The minimum Gasteiger partial charge on any atom is -0.496 e. The average Bonchev–Trinajstić information content (AvgIpc) is 2.46. The lowest BCUT2D eigenvalue weighted by atomic mass is 10.0. The van der Waals surface area contributed by atoms with Crippen LogP contribution in [0.15, 0.2) is 42.5 Å². The van der Waals surface area contributed by atoms with Crippen molar-refractivity contribution in [2.24, 2.45) is 0 Å². The third-order valence-corrected chi connectivity index (χ3v) is 2.75. The summed E-state index contributed by atoms with van der Waals surface area (Å²) in [4.78, 5) is 21.3. The third-order valence-electron chi connectivity index (χ3n) is 2.75. The van der Waals surface area contributed by atoms with Crippen LogP contribution in [-0.2, 0) is 0 Å². The van der Waals surface area contributed by atoms with Crippen LogP contribution in [0.2, 0.25) is 0 Å². The van der Waals surface area contributed by atoms with Gasteiger partial charge in [0.05, 0.1) is 17.6 Å². The smallest absolute Gasteiger partial charge is 0.278 e. The largest absolute Gasteiger partial charge is 0.496 e. The Bertz CT molecular complexity index is 637. The van der Waals surface area contributed by atoms with Crippen LogP contribution in [0, 0.1) is 10.1 Å². The van der Waals surface area contributed by atoms with E-state index in [0.717, 1.165) is 0 Å². The first kappa shape index (κ1) is 12.8. The van der Waals surface area contributed by atoms with Crippen molar-refractivity contribution in [2.45, 2.75) is 0 Å². The molecule has 0 amide bonds. The Balaban J connectivity index is 2.67. The number of rotatable bonds is 4. The molecule has 0 aliphatic heterocycles. The lowest BCUT2D eigenvalue weighted by Crippen LogP contribution is -1.95. The first-order chi connectivity index (χ1) is 9.17. The van der Waals surface area contributed by atoms with Crippen LogP contribution in [0.4, 0.5) is 5.69 Å². The predicted octanol–water partition coefficient (Wildman–Crippen LogP) is 3.08. The van der Waals surface area contributed by atoms with E-state index in [4.69, 9.17) is 4.74 Å². The van der Waals surface area contributed by atoms with Crippen molar-refractivity contribution in [2.75, 3.05) is 7.11 Å². The molecule has 19 heavy (non-hydrogen) atoms. The maximum absolute atomic E-state index is 11.1. The van der Waals surface area contributed by atoms with Gasteiger partial charge >= 0.3 is 0 Å². The molecule has 0 heterocycles. The molecule has 0 spiro atoms. The number of carbonyl (C=O) groups excluding carboxylic acids is 1. The summed E-state index contributed by atoms with van der Waals surface area (Å²) in [6.45, 7) is 0. The number of nitro groups is 1. The first-order valence-electron chi connectivity index (χ1n) is 5.54. The van der Waals surface area contributed by atoms with E-state index in [2.05, 4.69) is 0 Å². The molecule has 0 aliphatic rings. The zero-order valence-corrected chi connectivity index (χ0v) is 10.2. The van der Waals surface area contributed by atoms with Gasteiger partial charge in [-0.2, -0.15) is 0 Å². The molecule has 96 valence electrons. The van der Waals surface area contributed by atoms with E-state index >= 15 is 0 Å². The first-order valence-corrected chi connectivity index (χ1v) is 5.54. The van der Waals surface area contributed by atoms with Crippen LogP contribution < -0.4 is 4.74 Å². The maximum Gasteiger partial charge on any atom is 0.278 e. The second kappa shape index (κ2) is 5.30. The van der Waals surface area contributed by atoms with Crippen LogP contribution in [0.3, 0.4) is 0 Å². The molecule has 5 heteroatoms. The van der Waals surface area contributed by atoms with Crippen LogP contribution in [0.5, 0.6) is 5.75 Å². The fourth-order valence-electron chi connectivity index (χ4n) is 1.87. The Labute approximate surface area is 109 Å². The molecule has 0 atom stereocenters. The molecular weight excluding hydrogens is 246 g/mol. The van der Waals surface area contributed by atoms with Crippen molar-refractivity contribution in [1.82, 2.24) is 0 Å². The Kier molecular flexibility index (Phi) is 3.56. The fourth-order valence-corrected chi connectivity index (χ4v) is 1.87. The normalized spacial score (nSPS) is 9.95. The minimum absolute atomic E-state index is 0.117. The van der Waals surface area contributed by atoms with Crippen LogP contribution in [0.1, 0.15) is 10.4 Å². The van der Waals surface area contributed by atoms with Gasteiger partial charge in [0.1, 0.15) is 12.0 Å². The monoisotopic (exact) mass is 257 g/mol. The molecule has 0 saturated heterocycles. The van der Waals surface area contributed by atoms with E-state index in [9.17, 15) is 14.9 Å². The number of nitro benzene ring substituents is 1. The van der Waals surface area contributed by atoms with Gasteiger partial charge in [-0.1, -0.05) is 24.3 Å². The molecule has 0 fully saturated rings. The lowest BCUT2D eigenvalue weighted by molar-refractivity contribution is -0.384. The molecule has 0 aromatic heterocycles. The topological polar surface area (TPSA) is 69.4 Å². The van der Waals surface area contributed by atoms with E-state index in [1.165, 1.54) is 13.2 Å². The summed E-state index contributed by atoms with van der Waals surface area (Å²) >= 11 is 0. The van der Waals surface area contributed by atoms with E-state index in [1.54, 1.807) is 36.4 Å². The molecule has 0 radical (unpaired) electrons. The van der Waals surface area contributed by atoms with Gasteiger partial charge in [0.15, 0.2) is 0 Å². The Hall–Kier alpha value is -2.69. The average molecular weight is 257 g/mol. The molecule has 0 N–H and O–H groups in total. The molecule has 2 aromatic carbocycles. The summed E-state index contributed by atoms with van der Waals surface area (Å²) in [5.41, 5.74) is 1.20. The number of nitrogens with zero attached hydrogens (tertiary/aromatic N) is 1. The van der Waals surface area contributed by atoms with Crippen LogP contribution in [-0.4, -0.2) is 18.3 Å². The van der Waals surface area contributed by atoms with Gasteiger partial charge in [0, 0.05) is 17.2 Å². The summed E-state index contributed by atoms with van der Waals surface area (Å²) in [5.74, 6) is 0.546. The highest BCUT2D eigenvalue weighted by atomic mass is 16.6. The second-order valence-electron chi connectivity index (χ2n) is 3.85. The van der Waals surface area contributed by atoms with Crippen molar-refractivity contribution in [3.05, 3.63) is 58.1 Å². The minimum atomic E-state index is -0.505. The number of hydrogen-bond acceptors (Lipinski definition) is 4. The predicted molar refractivity (Wildman–Crippen MR) is 70.5 cm³/mol. The molecular formula is C14H11NO4. The Morgan fingerprint density at radius 1 is 1.16 bits per heavy atom. The molecule has 0 bridgehead atoms. The van der Waals surface area contributed by atoms with E-state index < -0.39 is 4.92 Å². The Morgan fingerprint density at radius 2 is 1.89 bits per heavy atom. The lowest BCUT2D eigenvalue weighted by Gasteiger charge is -2.09. The second-order valence-corrected chi connectivity index (χ2v) is 3.85. The van der Waals surface area contributed by atoms with Gasteiger partial charge in [0.2, 0.25) is 0 Å². The number of ether oxygens (including phenoxy) is 1. The highest BCUT2D eigenvalue weighted by Crippen LogP contribution is 2.36. The zero-order valence-electron chi connectivity index (χ0n) is 10.2. The summed E-state index contributed by atoms with van der Waals surface area (Å²) in [5, 5.41) is 11.1. The molecule has 2 rings (SSSR count).